The number of nitrogens with zero attached hydrogens (tertiary/aromatic N) is 1. The van der Waals surface area contributed by atoms with Gasteiger partial charge in [-0.1, -0.05) is 29.6 Å². The Hall–Kier alpha value is -0.970. The number of carbonyl (C=O) groups is 1. The number of aromatic carboxylic acids is 1. The topological polar surface area (TPSA) is 49.8 Å². The number of carboxylic acid groups (broad SMARTS) is 1. The molecule has 0 bridgehead atoms. The molecule has 0 aliphatic carbocycles. The molecule has 0 spiro atoms. The maximum absolute atomic E-state index is 11.2. The lowest BCUT2D eigenvalue weighted by Gasteiger charge is -2.32. The van der Waals surface area contributed by atoms with E-state index in [2.05, 4.69) is 11.9 Å². The number of hydrogen-bond donors (Lipinski definition) is 1. The second kappa shape index (κ2) is 7.34. The standard InChI is InChI=1S/C15H19Cl2NO3/c1-18-6-3-2-4-11(18)5-7-21-14-12(15(19)20)8-10(16)9-13(14)17/h8-9,11H,2-7H2,1H3,(H,19,20). The van der Waals surface area contributed by atoms with Crippen LogP contribution in [0.4, 0.5) is 0 Å². The molecule has 1 aromatic carbocycles. The lowest BCUT2D eigenvalue weighted by molar-refractivity contribution is 0.0691. The van der Waals surface area contributed by atoms with Gasteiger partial charge in [0.1, 0.15) is 5.56 Å². The predicted octanol–water partition coefficient (Wildman–Crippen LogP) is 3.94. The van der Waals surface area contributed by atoms with Gasteiger partial charge in [-0.2, -0.15) is 0 Å². The third kappa shape index (κ3) is 4.25. The maximum Gasteiger partial charge on any atom is 0.339 e. The summed E-state index contributed by atoms with van der Waals surface area (Å²) in [4.78, 5) is 13.6. The molecule has 1 saturated heterocycles. The highest BCUT2D eigenvalue weighted by Gasteiger charge is 2.20. The first kappa shape index (κ1) is 16.4. The van der Waals surface area contributed by atoms with Gasteiger partial charge in [0, 0.05) is 11.1 Å². The molecule has 6 heteroatoms. The summed E-state index contributed by atoms with van der Waals surface area (Å²) in [6.07, 6.45) is 4.48. The number of likely N-dealkylation sites (tertiary alicyclic amines) is 1. The zero-order valence-electron chi connectivity index (χ0n) is 11.9. The summed E-state index contributed by atoms with van der Waals surface area (Å²) in [6.45, 7) is 1.55. The van der Waals surface area contributed by atoms with Gasteiger partial charge in [-0.15, -0.1) is 0 Å². The first-order valence-electron chi connectivity index (χ1n) is 7.04. The van der Waals surface area contributed by atoms with Gasteiger partial charge >= 0.3 is 5.97 Å². The third-order valence-corrected chi connectivity index (χ3v) is 4.36. The molecule has 0 saturated carbocycles. The number of carboxylic acids is 1. The van der Waals surface area contributed by atoms with Crippen LogP contribution < -0.4 is 4.74 Å². The minimum Gasteiger partial charge on any atom is -0.491 e. The largest absolute Gasteiger partial charge is 0.491 e. The molecule has 1 fully saturated rings. The van der Waals surface area contributed by atoms with Crippen LogP contribution in [0.2, 0.25) is 10.0 Å². The Morgan fingerprint density at radius 2 is 2.19 bits per heavy atom. The smallest absolute Gasteiger partial charge is 0.339 e. The van der Waals surface area contributed by atoms with Gasteiger partial charge in [-0.05, 0) is 45.0 Å². The second-order valence-corrected chi connectivity index (χ2v) is 6.18. The predicted molar refractivity (Wildman–Crippen MR) is 83.8 cm³/mol. The highest BCUT2D eigenvalue weighted by Crippen LogP contribution is 2.33. The molecule has 0 amide bonds. The average molecular weight is 332 g/mol. The zero-order chi connectivity index (χ0) is 15.4. The van der Waals surface area contributed by atoms with Crippen LogP contribution in [0, 0.1) is 0 Å². The van der Waals surface area contributed by atoms with E-state index in [-0.39, 0.29) is 21.4 Å². The SMILES string of the molecule is CN1CCCCC1CCOc1c(Cl)cc(Cl)cc1C(=O)O. The molecule has 1 N–H and O–H groups in total. The second-order valence-electron chi connectivity index (χ2n) is 5.34. The molecular weight excluding hydrogens is 313 g/mol. The first-order valence-corrected chi connectivity index (χ1v) is 7.80. The van der Waals surface area contributed by atoms with Crippen molar-refractivity contribution < 1.29 is 14.6 Å². The molecule has 1 atom stereocenters. The van der Waals surface area contributed by atoms with Gasteiger partial charge in [-0.25, -0.2) is 4.79 Å². The summed E-state index contributed by atoms with van der Waals surface area (Å²) < 4.78 is 5.64. The van der Waals surface area contributed by atoms with Crippen LogP contribution in [-0.4, -0.2) is 42.2 Å². The Morgan fingerprint density at radius 3 is 2.86 bits per heavy atom. The molecule has 2 rings (SSSR count). The van der Waals surface area contributed by atoms with Crippen LogP contribution in [-0.2, 0) is 0 Å². The van der Waals surface area contributed by atoms with E-state index >= 15 is 0 Å². The van der Waals surface area contributed by atoms with Gasteiger partial charge in [0.05, 0.1) is 11.6 Å². The Balaban J connectivity index is 2.01. The van der Waals surface area contributed by atoms with Crippen molar-refractivity contribution in [1.82, 2.24) is 4.90 Å². The Bertz CT molecular complexity index is 522. The van der Waals surface area contributed by atoms with Gasteiger partial charge in [0.25, 0.3) is 0 Å². The molecule has 116 valence electrons. The molecule has 4 nitrogen and oxygen atoms in total. The molecule has 21 heavy (non-hydrogen) atoms. The van der Waals surface area contributed by atoms with E-state index in [0.29, 0.717) is 12.6 Å². The van der Waals surface area contributed by atoms with E-state index in [9.17, 15) is 9.90 Å². The van der Waals surface area contributed by atoms with Crippen LogP contribution in [0.25, 0.3) is 0 Å². The van der Waals surface area contributed by atoms with Crippen LogP contribution in [0.3, 0.4) is 0 Å². The Labute approximate surface area is 134 Å². The van der Waals surface area contributed by atoms with Crippen molar-refractivity contribution >= 4 is 29.2 Å². The van der Waals surface area contributed by atoms with Crippen molar-refractivity contribution in [3.8, 4) is 5.75 Å². The monoisotopic (exact) mass is 331 g/mol. The maximum atomic E-state index is 11.2. The number of rotatable bonds is 5. The highest BCUT2D eigenvalue weighted by atomic mass is 35.5. The summed E-state index contributed by atoms with van der Waals surface area (Å²) in [5.74, 6) is -0.892. The minimum atomic E-state index is -1.09. The number of ether oxygens (including phenoxy) is 1. The summed E-state index contributed by atoms with van der Waals surface area (Å²) in [7, 11) is 2.11. The molecule has 0 radical (unpaired) electrons. The quantitative estimate of drug-likeness (QED) is 0.887. The van der Waals surface area contributed by atoms with E-state index in [1.807, 2.05) is 0 Å². The normalized spacial score (nSPS) is 19.5. The van der Waals surface area contributed by atoms with Crippen molar-refractivity contribution in [2.45, 2.75) is 31.7 Å². The van der Waals surface area contributed by atoms with E-state index in [4.69, 9.17) is 27.9 Å². The number of benzene rings is 1. The molecule has 1 aliphatic rings. The number of halogens is 2. The van der Waals surface area contributed by atoms with E-state index in [1.165, 1.54) is 25.0 Å². The summed E-state index contributed by atoms with van der Waals surface area (Å²) in [6, 6.07) is 3.34. The molecule has 1 heterocycles. The van der Waals surface area contributed by atoms with Gasteiger partial charge < -0.3 is 14.7 Å². The average Bonchev–Trinajstić information content (AvgIpc) is 2.42. The van der Waals surface area contributed by atoms with Crippen LogP contribution in [0.15, 0.2) is 12.1 Å². The van der Waals surface area contributed by atoms with Crippen molar-refractivity contribution in [1.29, 1.82) is 0 Å². The van der Waals surface area contributed by atoms with Gasteiger partial charge in [0.15, 0.2) is 5.75 Å². The van der Waals surface area contributed by atoms with Crippen LogP contribution in [0.5, 0.6) is 5.75 Å². The molecule has 0 aromatic heterocycles. The fraction of sp³-hybridized carbons (Fsp3) is 0.533. The molecule has 1 aliphatic heterocycles. The van der Waals surface area contributed by atoms with Crippen molar-refractivity contribution in [2.24, 2.45) is 0 Å². The summed E-state index contributed by atoms with van der Waals surface area (Å²) >= 11 is 11.9. The van der Waals surface area contributed by atoms with E-state index in [0.717, 1.165) is 19.4 Å². The van der Waals surface area contributed by atoms with Crippen molar-refractivity contribution in [2.75, 3.05) is 20.2 Å². The number of hydrogen-bond acceptors (Lipinski definition) is 3. The fourth-order valence-electron chi connectivity index (χ4n) is 2.67. The third-order valence-electron chi connectivity index (χ3n) is 3.86. The van der Waals surface area contributed by atoms with E-state index in [1.54, 1.807) is 0 Å². The Morgan fingerprint density at radius 1 is 1.43 bits per heavy atom. The van der Waals surface area contributed by atoms with Gasteiger partial charge in [0.2, 0.25) is 0 Å². The van der Waals surface area contributed by atoms with Crippen molar-refractivity contribution in [3.05, 3.63) is 27.7 Å². The summed E-state index contributed by atoms with van der Waals surface area (Å²) in [5.41, 5.74) is 0.00417. The van der Waals surface area contributed by atoms with Crippen LogP contribution in [0.1, 0.15) is 36.0 Å². The zero-order valence-corrected chi connectivity index (χ0v) is 13.5. The van der Waals surface area contributed by atoms with Crippen molar-refractivity contribution in [3.63, 3.8) is 0 Å². The molecule has 1 unspecified atom stereocenters. The summed E-state index contributed by atoms with van der Waals surface area (Å²) in [5, 5.41) is 9.72. The highest BCUT2D eigenvalue weighted by molar-refractivity contribution is 6.36. The first-order chi connectivity index (χ1) is 9.99. The minimum absolute atomic E-state index is 0.00417. The lowest BCUT2D eigenvalue weighted by Crippen LogP contribution is -2.37. The van der Waals surface area contributed by atoms with Crippen LogP contribution >= 0.6 is 23.2 Å². The number of piperidine rings is 1. The fourth-order valence-corrected chi connectivity index (χ4v) is 3.22. The van der Waals surface area contributed by atoms with Gasteiger partial charge in [-0.3, -0.25) is 0 Å². The molecular formula is C15H19Cl2NO3. The lowest BCUT2D eigenvalue weighted by atomic mass is 10.0. The Kier molecular flexibility index (Phi) is 5.73. The van der Waals surface area contributed by atoms with E-state index < -0.39 is 5.97 Å². The molecule has 1 aromatic rings.